The van der Waals surface area contributed by atoms with Gasteiger partial charge >= 0.3 is 0 Å². The summed E-state index contributed by atoms with van der Waals surface area (Å²) >= 11 is 2.04. The first kappa shape index (κ1) is 13.8. The summed E-state index contributed by atoms with van der Waals surface area (Å²) in [6.07, 6.45) is 1.18. The Hall–Kier alpha value is -0.670. The van der Waals surface area contributed by atoms with Crippen molar-refractivity contribution in [1.29, 1.82) is 0 Å². The molecule has 18 heavy (non-hydrogen) atoms. The molecule has 0 aromatic heterocycles. The molecule has 0 saturated carbocycles. The molecule has 100 valence electrons. The van der Waals surface area contributed by atoms with Gasteiger partial charge in [-0.1, -0.05) is 24.6 Å². The quantitative estimate of drug-likeness (QED) is 0.910. The number of hydrogen-bond acceptors (Lipinski definition) is 3. The molecule has 2 unspecified atom stereocenters. The maximum atomic E-state index is 6.12. The Labute approximate surface area is 115 Å². The van der Waals surface area contributed by atoms with Gasteiger partial charge in [0, 0.05) is 24.5 Å². The van der Waals surface area contributed by atoms with Crippen LogP contribution in [-0.2, 0) is 0 Å². The average Bonchev–Trinajstić information content (AvgIpc) is 2.71. The third-order valence-electron chi connectivity index (χ3n) is 4.39. The standard InChI is InChI=1S/C15H24N2S/c1-11-5-6-14(12(2)9-11)17(4)15(10-16)7-8-18-13(15)3/h5-6,9,13H,7-8,10,16H2,1-4H3. The fraction of sp³-hybridized carbons (Fsp3) is 0.600. The highest BCUT2D eigenvalue weighted by atomic mass is 32.2. The Balaban J connectivity index is 2.37. The molecule has 1 aromatic rings. The van der Waals surface area contributed by atoms with Crippen LogP contribution in [0.3, 0.4) is 0 Å². The summed E-state index contributed by atoms with van der Waals surface area (Å²) in [7, 11) is 2.20. The number of thioether (sulfide) groups is 1. The molecule has 2 N–H and O–H groups in total. The zero-order valence-electron chi connectivity index (χ0n) is 11.9. The van der Waals surface area contributed by atoms with Gasteiger partial charge in [0.15, 0.2) is 0 Å². The molecule has 1 aromatic carbocycles. The van der Waals surface area contributed by atoms with Gasteiger partial charge in [-0.05, 0) is 37.7 Å². The molecule has 2 rings (SSSR count). The molecule has 0 aliphatic carbocycles. The van der Waals surface area contributed by atoms with Crippen molar-refractivity contribution < 1.29 is 0 Å². The predicted molar refractivity (Wildman–Crippen MR) is 82.6 cm³/mol. The molecule has 1 saturated heterocycles. The minimum absolute atomic E-state index is 0.116. The van der Waals surface area contributed by atoms with Crippen LogP contribution in [0.15, 0.2) is 18.2 Å². The van der Waals surface area contributed by atoms with Crippen LogP contribution in [0, 0.1) is 13.8 Å². The lowest BCUT2D eigenvalue weighted by Crippen LogP contribution is -2.56. The van der Waals surface area contributed by atoms with Crippen LogP contribution in [0.5, 0.6) is 0 Å². The van der Waals surface area contributed by atoms with E-state index in [1.54, 1.807) is 0 Å². The van der Waals surface area contributed by atoms with Gasteiger partial charge in [0.05, 0.1) is 5.54 Å². The van der Waals surface area contributed by atoms with Crippen LogP contribution in [0.25, 0.3) is 0 Å². The highest BCUT2D eigenvalue weighted by molar-refractivity contribution is 8.00. The number of anilines is 1. The van der Waals surface area contributed by atoms with E-state index in [0.717, 1.165) is 6.54 Å². The second kappa shape index (κ2) is 5.14. The van der Waals surface area contributed by atoms with Crippen LogP contribution in [0.2, 0.25) is 0 Å². The molecule has 0 spiro atoms. The zero-order chi connectivity index (χ0) is 13.3. The monoisotopic (exact) mass is 264 g/mol. The summed E-state index contributed by atoms with van der Waals surface area (Å²) in [5, 5.41) is 0.591. The van der Waals surface area contributed by atoms with Gasteiger partial charge in [-0.25, -0.2) is 0 Å². The molecule has 0 bridgehead atoms. The summed E-state index contributed by atoms with van der Waals surface area (Å²) in [5.41, 5.74) is 10.2. The van der Waals surface area contributed by atoms with Gasteiger partial charge in [-0.2, -0.15) is 11.8 Å². The van der Waals surface area contributed by atoms with E-state index in [1.165, 1.54) is 29.0 Å². The van der Waals surface area contributed by atoms with Gasteiger partial charge in [-0.3, -0.25) is 0 Å². The summed E-state index contributed by atoms with van der Waals surface area (Å²) < 4.78 is 0. The summed E-state index contributed by atoms with van der Waals surface area (Å²) in [4.78, 5) is 2.42. The van der Waals surface area contributed by atoms with Gasteiger partial charge in [-0.15, -0.1) is 0 Å². The third-order valence-corrected chi connectivity index (χ3v) is 5.77. The molecular weight excluding hydrogens is 240 g/mol. The first-order chi connectivity index (χ1) is 8.51. The number of likely N-dealkylation sites (N-methyl/N-ethyl adjacent to an activating group) is 1. The summed E-state index contributed by atoms with van der Waals surface area (Å²) in [6.45, 7) is 7.37. The lowest BCUT2D eigenvalue weighted by Gasteiger charge is -2.43. The van der Waals surface area contributed by atoms with Crippen molar-refractivity contribution in [1.82, 2.24) is 0 Å². The fourth-order valence-corrected chi connectivity index (χ4v) is 4.55. The first-order valence-electron chi connectivity index (χ1n) is 6.64. The molecular formula is C15H24N2S. The zero-order valence-corrected chi connectivity index (χ0v) is 12.7. The SMILES string of the molecule is Cc1ccc(N(C)C2(CN)CCSC2C)c(C)c1. The summed E-state index contributed by atoms with van der Waals surface area (Å²) in [6, 6.07) is 6.68. The average molecular weight is 264 g/mol. The minimum Gasteiger partial charge on any atom is -0.366 e. The van der Waals surface area contributed by atoms with Crippen molar-refractivity contribution in [2.45, 2.75) is 38.0 Å². The molecule has 0 radical (unpaired) electrons. The van der Waals surface area contributed by atoms with E-state index in [-0.39, 0.29) is 5.54 Å². The number of rotatable bonds is 3. The molecule has 2 nitrogen and oxygen atoms in total. The Bertz CT molecular complexity index is 433. The van der Waals surface area contributed by atoms with Crippen molar-refractivity contribution in [2.75, 3.05) is 24.2 Å². The maximum Gasteiger partial charge on any atom is 0.0644 e. The number of hydrogen-bond donors (Lipinski definition) is 1. The van der Waals surface area contributed by atoms with Crippen LogP contribution >= 0.6 is 11.8 Å². The molecule has 1 aliphatic rings. The third kappa shape index (κ3) is 2.14. The Morgan fingerprint density at radius 1 is 1.44 bits per heavy atom. The normalized spacial score (nSPS) is 27.5. The number of aryl methyl sites for hydroxylation is 2. The number of benzene rings is 1. The highest BCUT2D eigenvalue weighted by Gasteiger charge is 2.43. The van der Waals surface area contributed by atoms with Gasteiger partial charge in [0.2, 0.25) is 0 Å². The second-order valence-electron chi connectivity index (χ2n) is 5.42. The smallest absolute Gasteiger partial charge is 0.0644 e. The van der Waals surface area contributed by atoms with Crippen LogP contribution in [0.1, 0.15) is 24.5 Å². The molecule has 1 heterocycles. The molecule has 3 heteroatoms. The fourth-order valence-electron chi connectivity index (χ4n) is 3.04. The van der Waals surface area contributed by atoms with E-state index in [9.17, 15) is 0 Å². The lowest BCUT2D eigenvalue weighted by molar-refractivity contribution is 0.414. The van der Waals surface area contributed by atoms with Gasteiger partial charge in [0.25, 0.3) is 0 Å². The van der Waals surface area contributed by atoms with Crippen molar-refractivity contribution in [3.05, 3.63) is 29.3 Å². The van der Waals surface area contributed by atoms with E-state index >= 15 is 0 Å². The van der Waals surface area contributed by atoms with Crippen LogP contribution in [-0.4, -0.2) is 30.1 Å². The van der Waals surface area contributed by atoms with Crippen molar-refractivity contribution >= 4 is 17.4 Å². The van der Waals surface area contributed by atoms with E-state index in [4.69, 9.17) is 5.73 Å². The maximum absolute atomic E-state index is 6.12. The molecule has 1 fully saturated rings. The molecule has 0 amide bonds. The highest BCUT2D eigenvalue weighted by Crippen LogP contribution is 2.41. The number of nitrogens with two attached hydrogens (primary N) is 1. The van der Waals surface area contributed by atoms with E-state index in [1.807, 2.05) is 11.8 Å². The van der Waals surface area contributed by atoms with Gasteiger partial charge in [0.1, 0.15) is 0 Å². The minimum atomic E-state index is 0.116. The van der Waals surface area contributed by atoms with Crippen molar-refractivity contribution in [2.24, 2.45) is 5.73 Å². The molecule has 1 aliphatic heterocycles. The first-order valence-corrected chi connectivity index (χ1v) is 7.69. The Morgan fingerprint density at radius 3 is 2.67 bits per heavy atom. The lowest BCUT2D eigenvalue weighted by atomic mass is 9.89. The van der Waals surface area contributed by atoms with Crippen LogP contribution < -0.4 is 10.6 Å². The van der Waals surface area contributed by atoms with Crippen molar-refractivity contribution in [3.63, 3.8) is 0 Å². The van der Waals surface area contributed by atoms with E-state index in [0.29, 0.717) is 5.25 Å². The Morgan fingerprint density at radius 2 is 2.17 bits per heavy atom. The van der Waals surface area contributed by atoms with Crippen molar-refractivity contribution in [3.8, 4) is 0 Å². The Kier molecular flexibility index (Phi) is 3.93. The van der Waals surface area contributed by atoms with Crippen LogP contribution in [0.4, 0.5) is 5.69 Å². The largest absolute Gasteiger partial charge is 0.366 e. The molecule has 2 atom stereocenters. The number of nitrogens with zero attached hydrogens (tertiary/aromatic N) is 1. The van der Waals surface area contributed by atoms with E-state index < -0.39 is 0 Å². The predicted octanol–water partition coefficient (Wildman–Crippen LogP) is 2.96. The summed E-state index contributed by atoms with van der Waals surface area (Å²) in [5.74, 6) is 1.22. The van der Waals surface area contributed by atoms with E-state index in [2.05, 4.69) is 50.9 Å². The topological polar surface area (TPSA) is 29.3 Å². The van der Waals surface area contributed by atoms with Gasteiger partial charge < -0.3 is 10.6 Å². The second-order valence-corrected chi connectivity index (χ2v) is 6.87.